The van der Waals surface area contributed by atoms with Crippen molar-refractivity contribution >= 4 is 81.1 Å². The predicted octanol–water partition coefficient (Wildman–Crippen LogP) is 14.1. The second-order valence-corrected chi connectivity index (χ2v) is 15.6. The van der Waals surface area contributed by atoms with Crippen LogP contribution in [-0.2, 0) is 5.41 Å². The van der Waals surface area contributed by atoms with Crippen LogP contribution < -0.4 is 4.90 Å². The third kappa shape index (κ3) is 4.11. The standard InChI is InChI=1S/C49H34N2S/c1-49(2)41-21-11-8-16-34(41)35-26-24-32(28-42(35)49)50(33-25-27-38-37-18-10-13-23-46(37)52-47(38)29-33)44-30-45-48(39-19-7-6-17-36(39)44)40-20-9-12-22-43(40)51(45)31-14-4-3-5-15-31/h3-30H,1-2H3. The van der Waals surface area contributed by atoms with Crippen molar-refractivity contribution < 1.29 is 0 Å². The molecule has 3 heteroatoms. The lowest BCUT2D eigenvalue weighted by Crippen LogP contribution is -2.16. The van der Waals surface area contributed by atoms with Crippen molar-refractivity contribution in [1.29, 1.82) is 0 Å². The van der Waals surface area contributed by atoms with Crippen LogP contribution in [-0.4, -0.2) is 4.57 Å². The lowest BCUT2D eigenvalue weighted by atomic mass is 9.82. The minimum atomic E-state index is -0.116. The van der Waals surface area contributed by atoms with Crippen molar-refractivity contribution in [1.82, 2.24) is 4.57 Å². The van der Waals surface area contributed by atoms with E-state index < -0.39 is 0 Å². The lowest BCUT2D eigenvalue weighted by molar-refractivity contribution is 0.660. The fraction of sp³-hybridized carbons (Fsp3) is 0.0612. The van der Waals surface area contributed by atoms with E-state index >= 15 is 0 Å². The number of aromatic nitrogens is 1. The predicted molar refractivity (Wildman–Crippen MR) is 223 cm³/mol. The summed E-state index contributed by atoms with van der Waals surface area (Å²) in [5.74, 6) is 0. The summed E-state index contributed by atoms with van der Waals surface area (Å²) >= 11 is 1.87. The Bertz CT molecular complexity index is 3050. The first-order chi connectivity index (χ1) is 25.6. The molecule has 0 N–H and O–H groups in total. The summed E-state index contributed by atoms with van der Waals surface area (Å²) in [4.78, 5) is 2.51. The van der Waals surface area contributed by atoms with Crippen molar-refractivity contribution in [3.8, 4) is 16.8 Å². The third-order valence-electron chi connectivity index (χ3n) is 11.4. The third-order valence-corrected chi connectivity index (χ3v) is 12.5. The summed E-state index contributed by atoms with van der Waals surface area (Å²) in [6, 6.07) is 62.9. The molecule has 10 aromatic rings. The Hall–Kier alpha value is -6.16. The molecule has 52 heavy (non-hydrogen) atoms. The number of hydrogen-bond donors (Lipinski definition) is 0. The van der Waals surface area contributed by atoms with Gasteiger partial charge in [0, 0.05) is 58.8 Å². The average molecular weight is 683 g/mol. The number of hydrogen-bond acceptors (Lipinski definition) is 2. The first kappa shape index (κ1) is 29.6. The quantitative estimate of drug-likeness (QED) is 0.179. The van der Waals surface area contributed by atoms with E-state index in [1.54, 1.807) is 0 Å². The molecule has 2 aromatic heterocycles. The van der Waals surface area contributed by atoms with Crippen LogP contribution in [0.5, 0.6) is 0 Å². The van der Waals surface area contributed by atoms with E-state index in [1.807, 2.05) is 11.3 Å². The highest BCUT2D eigenvalue weighted by molar-refractivity contribution is 7.25. The van der Waals surface area contributed by atoms with Crippen molar-refractivity contribution in [3.05, 3.63) is 181 Å². The first-order valence-corrected chi connectivity index (χ1v) is 18.8. The summed E-state index contributed by atoms with van der Waals surface area (Å²) in [5.41, 5.74) is 12.3. The molecule has 0 amide bonds. The van der Waals surface area contributed by atoms with Gasteiger partial charge in [-0.15, -0.1) is 11.3 Å². The van der Waals surface area contributed by atoms with E-state index in [0.29, 0.717) is 0 Å². The Morgan fingerprint density at radius 3 is 1.96 bits per heavy atom. The van der Waals surface area contributed by atoms with Gasteiger partial charge in [0.1, 0.15) is 0 Å². The lowest BCUT2D eigenvalue weighted by Gasteiger charge is -2.29. The monoisotopic (exact) mass is 682 g/mol. The molecular weight excluding hydrogens is 649 g/mol. The molecule has 8 aromatic carbocycles. The van der Waals surface area contributed by atoms with Gasteiger partial charge in [0.2, 0.25) is 0 Å². The molecule has 0 unspecified atom stereocenters. The van der Waals surface area contributed by atoms with Gasteiger partial charge in [-0.05, 0) is 82.2 Å². The van der Waals surface area contributed by atoms with E-state index in [9.17, 15) is 0 Å². The molecule has 246 valence electrons. The van der Waals surface area contributed by atoms with E-state index in [2.05, 4.69) is 193 Å². The molecule has 0 atom stereocenters. The summed E-state index contributed by atoms with van der Waals surface area (Å²) in [6.07, 6.45) is 0. The van der Waals surface area contributed by atoms with Gasteiger partial charge in [-0.25, -0.2) is 0 Å². The second kappa shape index (κ2) is 10.9. The highest BCUT2D eigenvalue weighted by Gasteiger charge is 2.36. The van der Waals surface area contributed by atoms with Gasteiger partial charge in [0.05, 0.1) is 16.7 Å². The molecule has 0 spiro atoms. The molecule has 0 saturated heterocycles. The molecule has 0 bridgehead atoms. The summed E-state index contributed by atoms with van der Waals surface area (Å²) in [5, 5.41) is 7.65. The molecule has 0 aliphatic heterocycles. The minimum absolute atomic E-state index is 0.116. The topological polar surface area (TPSA) is 8.17 Å². The van der Waals surface area contributed by atoms with Crippen LogP contribution in [0, 0.1) is 0 Å². The summed E-state index contributed by atoms with van der Waals surface area (Å²) < 4.78 is 5.05. The molecule has 2 nitrogen and oxygen atoms in total. The van der Waals surface area contributed by atoms with Crippen molar-refractivity contribution in [3.63, 3.8) is 0 Å². The number of thiophene rings is 1. The van der Waals surface area contributed by atoms with Gasteiger partial charge < -0.3 is 9.47 Å². The van der Waals surface area contributed by atoms with Gasteiger partial charge in [0.25, 0.3) is 0 Å². The molecule has 11 rings (SSSR count). The Morgan fingerprint density at radius 2 is 1.10 bits per heavy atom. The average Bonchev–Trinajstić information content (AvgIpc) is 3.80. The van der Waals surface area contributed by atoms with E-state index in [-0.39, 0.29) is 5.41 Å². The van der Waals surface area contributed by atoms with Crippen LogP contribution in [0.2, 0.25) is 0 Å². The zero-order chi connectivity index (χ0) is 34.6. The highest BCUT2D eigenvalue weighted by Crippen LogP contribution is 2.52. The zero-order valence-corrected chi connectivity index (χ0v) is 29.8. The van der Waals surface area contributed by atoms with E-state index in [4.69, 9.17) is 0 Å². The number of anilines is 3. The van der Waals surface area contributed by atoms with Crippen LogP contribution >= 0.6 is 11.3 Å². The largest absolute Gasteiger partial charge is 0.310 e. The molecular formula is C49H34N2S. The molecule has 1 aliphatic carbocycles. The van der Waals surface area contributed by atoms with Crippen molar-refractivity contribution in [2.75, 3.05) is 4.90 Å². The molecule has 0 radical (unpaired) electrons. The fourth-order valence-corrected chi connectivity index (χ4v) is 10.1. The van der Waals surface area contributed by atoms with Gasteiger partial charge in [-0.2, -0.15) is 0 Å². The Labute approximate surface area is 306 Å². The molecule has 2 heterocycles. The molecule has 1 aliphatic rings. The molecule has 0 saturated carbocycles. The second-order valence-electron chi connectivity index (χ2n) is 14.5. The van der Waals surface area contributed by atoms with E-state index in [0.717, 1.165) is 22.7 Å². The molecule has 0 fully saturated rings. The van der Waals surface area contributed by atoms with E-state index in [1.165, 1.54) is 75.0 Å². The maximum Gasteiger partial charge on any atom is 0.0568 e. The normalized spacial score (nSPS) is 13.3. The van der Waals surface area contributed by atoms with Gasteiger partial charge >= 0.3 is 0 Å². The Morgan fingerprint density at radius 1 is 0.462 bits per heavy atom. The van der Waals surface area contributed by atoms with Crippen LogP contribution in [0.15, 0.2) is 170 Å². The number of para-hydroxylation sites is 2. The van der Waals surface area contributed by atoms with Crippen LogP contribution in [0.3, 0.4) is 0 Å². The maximum atomic E-state index is 2.51. The summed E-state index contributed by atoms with van der Waals surface area (Å²) in [6.45, 7) is 4.74. The van der Waals surface area contributed by atoms with Crippen molar-refractivity contribution in [2.24, 2.45) is 0 Å². The first-order valence-electron chi connectivity index (χ1n) is 18.0. The highest BCUT2D eigenvalue weighted by atomic mass is 32.1. The number of fused-ring (bicyclic) bond motifs is 11. The zero-order valence-electron chi connectivity index (χ0n) is 29.0. The SMILES string of the molecule is CC1(C)c2ccccc2-c2ccc(N(c3ccc4c(c3)sc3ccccc34)c3cc4c(c5ccccc35)c3ccccc3n4-c3ccccc3)cc21. The van der Waals surface area contributed by atoms with Gasteiger partial charge in [-0.1, -0.05) is 129 Å². The fourth-order valence-electron chi connectivity index (χ4n) is 8.96. The number of benzene rings is 8. The Balaban J connectivity index is 1.25. The number of rotatable bonds is 4. The van der Waals surface area contributed by atoms with Crippen LogP contribution in [0.25, 0.3) is 69.6 Å². The van der Waals surface area contributed by atoms with Gasteiger partial charge in [0.15, 0.2) is 0 Å². The Kier molecular flexibility index (Phi) is 6.21. The van der Waals surface area contributed by atoms with Crippen molar-refractivity contribution in [2.45, 2.75) is 19.3 Å². The smallest absolute Gasteiger partial charge is 0.0568 e. The van der Waals surface area contributed by atoms with Crippen LogP contribution in [0.4, 0.5) is 17.1 Å². The van der Waals surface area contributed by atoms with Crippen LogP contribution in [0.1, 0.15) is 25.0 Å². The summed E-state index contributed by atoms with van der Waals surface area (Å²) in [7, 11) is 0. The maximum absolute atomic E-state index is 2.51. The number of nitrogens with zero attached hydrogens (tertiary/aromatic N) is 2. The van der Waals surface area contributed by atoms with Gasteiger partial charge in [-0.3, -0.25) is 0 Å². The minimum Gasteiger partial charge on any atom is -0.310 e.